The SMILES string of the molecule is N#Cc1ccc(CCNC(N)=S)cc1.NC(=O)N[C@H]1C[C@@H]1c1ccccc1.NC(=S)NCCc1ccc(F)c(F)c1.NC(=S)NCCc1ccc(OC(F)(F)F)cc1.NC(=S)NCCc1ccc(OC(F)F)cc1.NC(=S)NCCc1cccnc1.NC(=S)Nc1cccc(-n2cncn2)c1. The van der Waals surface area contributed by atoms with Gasteiger partial charge in [-0.1, -0.05) is 84.9 Å². The number of halogens is 7. The van der Waals surface area contributed by atoms with Crippen molar-refractivity contribution in [1.82, 2.24) is 51.6 Å². The number of nitrogens with two attached hydrogens (primary N) is 7. The Labute approximate surface area is 612 Å². The molecule has 0 bridgehead atoms. The van der Waals surface area contributed by atoms with Crippen LogP contribution in [0.4, 0.5) is 41.2 Å². The molecule has 0 unspecified atom stereocenters. The van der Waals surface area contributed by atoms with Crippen molar-refractivity contribution in [2.75, 3.05) is 38.0 Å². The molecule has 1 aliphatic rings. The van der Waals surface area contributed by atoms with Crippen molar-refractivity contribution in [2.24, 2.45) is 40.1 Å². The van der Waals surface area contributed by atoms with Crippen molar-refractivity contribution in [1.29, 1.82) is 5.26 Å². The molecule has 8 aromatic rings. The summed E-state index contributed by atoms with van der Waals surface area (Å²) in [6.07, 6.45) is 6.67. The molecule has 0 radical (unpaired) electrons. The minimum Gasteiger partial charge on any atom is -0.435 e. The molecule has 2 aromatic heterocycles. The van der Waals surface area contributed by atoms with Crippen LogP contribution in [0.2, 0.25) is 0 Å². The third-order valence-corrected chi connectivity index (χ3v) is 13.6. The first-order valence-corrected chi connectivity index (χ1v) is 32.5. The van der Waals surface area contributed by atoms with Crippen molar-refractivity contribution < 1.29 is 45.0 Å². The van der Waals surface area contributed by atoms with Gasteiger partial charge < -0.3 is 86.8 Å². The number of thiocarbonyl (C=S) groups is 6. The number of hydrogen-bond acceptors (Lipinski definition) is 13. The highest BCUT2D eigenvalue weighted by molar-refractivity contribution is 7.81. The van der Waals surface area contributed by atoms with Crippen LogP contribution < -0.4 is 86.8 Å². The van der Waals surface area contributed by atoms with Gasteiger partial charge in [0.1, 0.15) is 24.2 Å². The van der Waals surface area contributed by atoms with Gasteiger partial charge in [0.15, 0.2) is 42.3 Å². The Morgan fingerprint density at radius 1 is 0.564 bits per heavy atom. The predicted octanol–water partition coefficient (Wildman–Crippen LogP) is 8.49. The van der Waals surface area contributed by atoms with Crippen molar-refractivity contribution in [2.45, 2.75) is 63.5 Å². The molecule has 21 N–H and O–H groups in total. The third kappa shape index (κ3) is 41.6. The lowest BCUT2D eigenvalue weighted by atomic mass is 10.1. The van der Waals surface area contributed by atoms with Crippen LogP contribution in [0.25, 0.3) is 5.69 Å². The second kappa shape index (κ2) is 47.6. The summed E-state index contributed by atoms with van der Waals surface area (Å²) in [7, 11) is 0. The molecule has 2 heterocycles. The smallest absolute Gasteiger partial charge is 0.435 e. The standard InChI is InChI=1S/C10H11F3N2OS.C10H12F2N2OS.C10H11N3S.C10H12N2O.C9H10F2N2S.C9H9N5S.C8H11N3S/c11-10(12,13)16-8-3-1-7(2-4-8)5-6-15-9(14)17;11-9(12)15-8-3-1-7(2-4-8)5-6-14-10(13)16;11-7-9-3-1-8(2-4-9)5-6-13-10(12)14;11-10(13)12-9-6-8(9)7-4-2-1-3-5-7;10-7-2-1-6(5-8(7)11)3-4-13-9(12)14;10-9(15)13-7-2-1-3-8(4-7)14-6-11-5-12-14;9-8(12)11-5-3-7-2-1-4-10-6-7/h1-4H,5-6H2,(H3,14,15,17);1-4,9H,5-6H2,(H3,13,14,16);1-4H,5-6H2,(H3,12,13,14);1-5,8-9H,6H2,(H3,11,12,13);1-2,5H,3-4H2,(H3,12,13,14);1-6H,(H3,10,13,15);1-2,4,6H,3,5H2,(H3,9,11,12)/t;;;8-,9+;;;/m...1.../s1. The molecule has 0 aliphatic heterocycles. The summed E-state index contributed by atoms with van der Waals surface area (Å²) in [4.78, 5) is 18.4. The number of carbonyl (C=O) groups excluding carboxylic acids is 1. The van der Waals surface area contributed by atoms with Gasteiger partial charge in [-0.05, 0) is 218 Å². The minimum absolute atomic E-state index is 0.154. The second-order valence-electron chi connectivity index (χ2n) is 20.6. The number of nitriles is 1. The zero-order valence-corrected chi connectivity index (χ0v) is 58.8. The van der Waals surface area contributed by atoms with E-state index in [9.17, 15) is 35.5 Å². The Morgan fingerprint density at radius 3 is 1.48 bits per heavy atom. The maximum atomic E-state index is 12.7. The van der Waals surface area contributed by atoms with Gasteiger partial charge in [0.25, 0.3) is 0 Å². The van der Waals surface area contributed by atoms with E-state index in [0.717, 1.165) is 72.5 Å². The molecule has 1 aliphatic carbocycles. The van der Waals surface area contributed by atoms with Gasteiger partial charge in [0.2, 0.25) is 0 Å². The fourth-order valence-electron chi connectivity index (χ4n) is 8.15. The summed E-state index contributed by atoms with van der Waals surface area (Å²) in [5, 5.41) is 33.7. The average Bonchev–Trinajstić information content (AvgIpc) is 1.66. The van der Waals surface area contributed by atoms with E-state index in [1.165, 1.54) is 47.8 Å². The highest BCUT2D eigenvalue weighted by Gasteiger charge is 2.39. The summed E-state index contributed by atoms with van der Waals surface area (Å²) < 4.78 is 94.2. The number of amides is 2. The number of anilines is 1. The Bertz CT molecular complexity index is 3840. The molecule has 6 aromatic carbocycles. The summed E-state index contributed by atoms with van der Waals surface area (Å²) >= 11 is 27.9. The zero-order chi connectivity index (χ0) is 74.5. The average molecular weight is 1510 g/mol. The quantitative estimate of drug-likeness (QED) is 0.0223. The highest BCUT2D eigenvalue weighted by Crippen LogP contribution is 2.40. The molecule has 2 atom stereocenters. The number of carbonyl (C=O) groups is 1. The van der Waals surface area contributed by atoms with Crippen LogP contribution in [0.15, 0.2) is 183 Å². The highest BCUT2D eigenvalue weighted by atomic mass is 32.1. The number of nitrogens with zero attached hydrogens (tertiary/aromatic N) is 5. The van der Waals surface area contributed by atoms with E-state index in [1.807, 2.05) is 72.9 Å². The number of ether oxygens (including phenoxy) is 2. The molecule has 1 fully saturated rings. The fourth-order valence-corrected chi connectivity index (χ4v) is 8.78. The normalized spacial score (nSPS) is 11.9. The first-order valence-electron chi connectivity index (χ1n) is 30.1. The van der Waals surface area contributed by atoms with Gasteiger partial charge in [-0.2, -0.15) is 19.1 Å². The van der Waals surface area contributed by atoms with Crippen LogP contribution in [0.3, 0.4) is 0 Å². The Hall–Kier alpha value is -10.4. The molecule has 101 heavy (non-hydrogen) atoms. The van der Waals surface area contributed by atoms with E-state index in [2.05, 4.69) is 141 Å². The molecular formula is C66H76F7N19O3S6. The molecule has 0 saturated heterocycles. The van der Waals surface area contributed by atoms with Crippen molar-refractivity contribution >= 4 is 116 Å². The number of nitrogens with one attached hydrogen (secondary N) is 7. The number of hydrogen-bond donors (Lipinski definition) is 14. The lowest BCUT2D eigenvalue weighted by Crippen LogP contribution is -2.31. The number of aromatic nitrogens is 4. The van der Waals surface area contributed by atoms with E-state index in [0.29, 0.717) is 66.2 Å². The van der Waals surface area contributed by atoms with E-state index < -0.39 is 30.6 Å². The van der Waals surface area contributed by atoms with E-state index in [-0.39, 0.29) is 38.0 Å². The fraction of sp³-hybridized carbons (Fsp3) is 0.227. The van der Waals surface area contributed by atoms with Crippen LogP contribution in [-0.2, 0) is 32.1 Å². The van der Waals surface area contributed by atoms with Crippen LogP contribution in [-0.4, -0.2) is 108 Å². The Balaban J connectivity index is 0.000000307. The monoisotopic (exact) mass is 1510 g/mol. The Morgan fingerprint density at radius 2 is 1.05 bits per heavy atom. The van der Waals surface area contributed by atoms with Crippen molar-refractivity contribution in [3.8, 4) is 23.3 Å². The first kappa shape index (κ1) is 84.8. The Kier molecular flexibility index (Phi) is 40.0. The van der Waals surface area contributed by atoms with E-state index in [4.69, 9.17) is 57.6 Å². The number of pyridine rings is 1. The number of urea groups is 1. The van der Waals surface area contributed by atoms with Crippen LogP contribution in [0, 0.1) is 23.0 Å². The molecule has 0 spiro atoms. The molecule has 538 valence electrons. The number of alkyl halides is 5. The number of benzene rings is 6. The maximum absolute atomic E-state index is 12.7. The molecule has 2 amide bonds. The van der Waals surface area contributed by atoms with Gasteiger partial charge in [-0.25, -0.2) is 23.2 Å². The lowest BCUT2D eigenvalue weighted by molar-refractivity contribution is -0.274. The predicted molar refractivity (Wildman–Crippen MR) is 402 cm³/mol. The van der Waals surface area contributed by atoms with Gasteiger partial charge in [0, 0.05) is 62.8 Å². The molecular weight excluding hydrogens is 1430 g/mol. The van der Waals surface area contributed by atoms with Crippen LogP contribution in [0.5, 0.6) is 11.5 Å². The number of primary amides is 1. The topological polar surface area (TPSA) is 369 Å². The van der Waals surface area contributed by atoms with Gasteiger partial charge >= 0.3 is 19.0 Å². The molecule has 22 nitrogen and oxygen atoms in total. The first-order chi connectivity index (χ1) is 48.1. The van der Waals surface area contributed by atoms with Gasteiger partial charge in [0.05, 0.1) is 17.3 Å². The molecule has 35 heteroatoms. The van der Waals surface area contributed by atoms with Gasteiger partial charge in [-0.15, -0.1) is 13.2 Å². The molecule has 9 rings (SSSR count). The molecule has 1 saturated carbocycles. The number of rotatable bonds is 22. The summed E-state index contributed by atoms with van der Waals surface area (Å²) in [6, 6.07) is 46.9. The van der Waals surface area contributed by atoms with Crippen molar-refractivity contribution in [3.05, 3.63) is 233 Å². The van der Waals surface area contributed by atoms with Gasteiger partial charge in [-0.3, -0.25) is 4.98 Å². The lowest BCUT2D eigenvalue weighted by Gasteiger charge is -2.09. The third-order valence-electron chi connectivity index (χ3n) is 12.8. The summed E-state index contributed by atoms with van der Waals surface area (Å²) in [5.41, 5.74) is 45.2. The summed E-state index contributed by atoms with van der Waals surface area (Å²) in [6.45, 7) is 0.365. The minimum atomic E-state index is -4.66. The second-order valence-corrected chi connectivity index (χ2v) is 23.2. The van der Waals surface area contributed by atoms with E-state index >= 15 is 0 Å². The van der Waals surface area contributed by atoms with Crippen LogP contribution in [0.1, 0.15) is 51.3 Å². The summed E-state index contributed by atoms with van der Waals surface area (Å²) in [5.74, 6) is -1.29. The van der Waals surface area contributed by atoms with Crippen LogP contribution >= 0.6 is 73.3 Å². The zero-order valence-electron chi connectivity index (χ0n) is 53.9. The largest absolute Gasteiger partial charge is 0.573 e. The van der Waals surface area contributed by atoms with Crippen molar-refractivity contribution in [3.63, 3.8) is 0 Å². The maximum Gasteiger partial charge on any atom is 0.573 e. The van der Waals surface area contributed by atoms with E-state index in [1.54, 1.807) is 53.6 Å².